The fourth-order valence-corrected chi connectivity index (χ4v) is 2.81. The molecule has 0 saturated carbocycles. The highest BCUT2D eigenvalue weighted by atomic mass is 32.1. The van der Waals surface area contributed by atoms with E-state index in [9.17, 15) is 10.4 Å². The number of nitrogens with one attached hydrogen (secondary N) is 1. The molecular formula is C15H12N4O4S-2. The van der Waals surface area contributed by atoms with Crippen LogP contribution < -0.4 is 15.8 Å². The average Bonchev–Trinajstić information content (AvgIpc) is 3.03. The summed E-state index contributed by atoms with van der Waals surface area (Å²) in [5, 5.41) is 44.8. The Morgan fingerprint density at radius 1 is 1.00 bits per heavy atom. The van der Waals surface area contributed by atoms with Crippen LogP contribution in [0.15, 0.2) is 53.9 Å². The second-order valence-corrected chi connectivity index (χ2v) is 5.67. The lowest BCUT2D eigenvalue weighted by Gasteiger charge is -2.37. The maximum Gasteiger partial charge on any atom is 0.187 e. The van der Waals surface area contributed by atoms with Crippen molar-refractivity contribution < 1.29 is 10.4 Å². The molecule has 3 N–H and O–H groups in total. The van der Waals surface area contributed by atoms with Crippen molar-refractivity contribution in [2.75, 3.05) is 15.8 Å². The standard InChI is InChI=1S/C15H12N4O4S/c20-18(21)12-5-1-3-10(7-12)14-9-24-15(17-14)16-11-4-2-6-13(8-11)19(22)23/h1-9,22-23H,(H,16,17)/q-2. The van der Waals surface area contributed by atoms with E-state index in [4.69, 9.17) is 10.4 Å². The summed E-state index contributed by atoms with van der Waals surface area (Å²) in [6, 6.07) is 12.7. The Morgan fingerprint density at radius 3 is 2.50 bits per heavy atom. The van der Waals surface area contributed by atoms with Crippen molar-refractivity contribution in [3.8, 4) is 11.3 Å². The van der Waals surface area contributed by atoms with Crippen LogP contribution in [0.3, 0.4) is 0 Å². The third-order valence-corrected chi connectivity index (χ3v) is 3.94. The van der Waals surface area contributed by atoms with Crippen molar-refractivity contribution >= 4 is 33.5 Å². The summed E-state index contributed by atoms with van der Waals surface area (Å²) < 4.78 is 0. The maximum absolute atomic E-state index is 10.8. The lowest BCUT2D eigenvalue weighted by Crippen LogP contribution is -2.10. The Morgan fingerprint density at radius 2 is 1.75 bits per heavy atom. The van der Waals surface area contributed by atoms with Crippen molar-refractivity contribution in [3.63, 3.8) is 0 Å². The van der Waals surface area contributed by atoms with Gasteiger partial charge in [0.05, 0.1) is 11.4 Å². The van der Waals surface area contributed by atoms with E-state index in [2.05, 4.69) is 10.3 Å². The second kappa shape index (κ2) is 6.83. The van der Waals surface area contributed by atoms with Gasteiger partial charge in [0.15, 0.2) is 5.13 Å². The highest BCUT2D eigenvalue weighted by molar-refractivity contribution is 7.14. The Bertz CT molecular complexity index is 838. The van der Waals surface area contributed by atoms with Crippen LogP contribution >= 0.6 is 11.3 Å². The van der Waals surface area contributed by atoms with Crippen LogP contribution in [0.5, 0.6) is 0 Å². The van der Waals surface area contributed by atoms with E-state index >= 15 is 0 Å². The van der Waals surface area contributed by atoms with E-state index < -0.39 is 5.23 Å². The molecule has 0 aliphatic carbocycles. The number of nitrogens with zero attached hydrogens (tertiary/aromatic N) is 3. The summed E-state index contributed by atoms with van der Waals surface area (Å²) in [5.41, 5.74) is 2.11. The zero-order chi connectivity index (χ0) is 17.1. The molecule has 1 aromatic heterocycles. The normalized spacial score (nSPS) is 10.5. The summed E-state index contributed by atoms with van der Waals surface area (Å²) in [4.78, 5) is 4.40. The third-order valence-electron chi connectivity index (χ3n) is 3.19. The molecule has 0 radical (unpaired) electrons. The Hall–Kier alpha value is -2.69. The van der Waals surface area contributed by atoms with E-state index in [0.717, 1.165) is 0 Å². The summed E-state index contributed by atoms with van der Waals surface area (Å²) in [6.07, 6.45) is 0. The fraction of sp³-hybridized carbons (Fsp3) is 0. The lowest BCUT2D eigenvalue weighted by molar-refractivity contribution is 0.0292. The van der Waals surface area contributed by atoms with Crippen LogP contribution in [0.1, 0.15) is 0 Å². The number of benzene rings is 2. The average molecular weight is 344 g/mol. The molecule has 0 saturated heterocycles. The first-order valence-corrected chi connectivity index (χ1v) is 7.66. The topological polar surface area (TPSA) is 118 Å². The minimum Gasteiger partial charge on any atom is -0.769 e. The Labute approximate surface area is 140 Å². The van der Waals surface area contributed by atoms with Gasteiger partial charge in [-0.15, -0.1) is 16.6 Å². The molecule has 9 heteroatoms. The molecule has 0 aliphatic rings. The van der Waals surface area contributed by atoms with Gasteiger partial charge in [-0.2, -0.15) is 0 Å². The van der Waals surface area contributed by atoms with Gasteiger partial charge in [0, 0.05) is 22.3 Å². The van der Waals surface area contributed by atoms with Crippen molar-refractivity contribution in [2.45, 2.75) is 0 Å². The van der Waals surface area contributed by atoms with Crippen LogP contribution in [-0.4, -0.2) is 15.4 Å². The molecule has 0 atom stereocenters. The molecule has 0 unspecified atom stereocenters. The van der Waals surface area contributed by atoms with Gasteiger partial charge < -0.3 is 21.0 Å². The molecule has 0 fully saturated rings. The molecule has 24 heavy (non-hydrogen) atoms. The van der Waals surface area contributed by atoms with Gasteiger partial charge >= 0.3 is 0 Å². The first-order valence-electron chi connectivity index (χ1n) is 6.78. The van der Waals surface area contributed by atoms with Gasteiger partial charge in [-0.05, 0) is 30.3 Å². The van der Waals surface area contributed by atoms with Crippen LogP contribution in [-0.2, 0) is 0 Å². The fourth-order valence-electron chi connectivity index (χ4n) is 2.07. The van der Waals surface area contributed by atoms with Gasteiger partial charge in [0.25, 0.3) is 0 Å². The smallest absolute Gasteiger partial charge is 0.187 e. The molecule has 3 rings (SSSR count). The molecule has 0 bridgehead atoms. The number of hydrogen-bond donors (Lipinski definition) is 3. The van der Waals surface area contributed by atoms with Gasteiger partial charge in [-0.3, -0.25) is 10.4 Å². The first kappa shape index (κ1) is 16.2. The van der Waals surface area contributed by atoms with E-state index in [1.54, 1.807) is 29.6 Å². The van der Waals surface area contributed by atoms with Crippen LogP contribution in [0.4, 0.5) is 22.2 Å². The monoisotopic (exact) mass is 344 g/mol. The quantitative estimate of drug-likeness (QED) is 0.596. The van der Waals surface area contributed by atoms with Gasteiger partial charge in [-0.1, -0.05) is 18.2 Å². The molecule has 124 valence electrons. The zero-order valence-corrected chi connectivity index (χ0v) is 13.0. The van der Waals surface area contributed by atoms with Gasteiger partial charge in [-0.25, -0.2) is 4.98 Å². The predicted octanol–water partition coefficient (Wildman–Crippen LogP) is 3.94. The van der Waals surface area contributed by atoms with Gasteiger partial charge in [0.1, 0.15) is 0 Å². The number of anilines is 4. The highest BCUT2D eigenvalue weighted by Crippen LogP contribution is 2.30. The molecule has 0 spiro atoms. The van der Waals surface area contributed by atoms with Crippen LogP contribution in [0.25, 0.3) is 11.3 Å². The van der Waals surface area contributed by atoms with Crippen LogP contribution in [0, 0.1) is 10.4 Å². The number of aromatic nitrogens is 1. The number of rotatable bonds is 5. The molecule has 2 aromatic carbocycles. The van der Waals surface area contributed by atoms with Crippen molar-refractivity contribution in [2.24, 2.45) is 0 Å². The minimum atomic E-state index is -0.448. The highest BCUT2D eigenvalue weighted by Gasteiger charge is 2.07. The van der Waals surface area contributed by atoms with Crippen molar-refractivity contribution in [1.29, 1.82) is 0 Å². The Kier molecular flexibility index (Phi) is 4.60. The largest absolute Gasteiger partial charge is 0.769 e. The summed E-state index contributed by atoms with van der Waals surface area (Å²) in [6.45, 7) is 0. The molecule has 0 aliphatic heterocycles. The van der Waals surface area contributed by atoms with Crippen molar-refractivity contribution in [1.82, 2.24) is 4.98 Å². The first-order chi connectivity index (χ1) is 11.5. The molecule has 3 aromatic rings. The third kappa shape index (κ3) is 3.62. The van der Waals surface area contributed by atoms with Crippen molar-refractivity contribution in [3.05, 3.63) is 64.3 Å². The minimum absolute atomic E-state index is 0.00805. The lowest BCUT2D eigenvalue weighted by atomic mass is 10.1. The second-order valence-electron chi connectivity index (χ2n) is 4.81. The van der Waals surface area contributed by atoms with E-state index in [1.807, 2.05) is 0 Å². The number of thiazole rings is 1. The summed E-state index contributed by atoms with van der Waals surface area (Å²) in [7, 11) is 0. The molecule has 0 amide bonds. The van der Waals surface area contributed by atoms with Crippen LogP contribution in [0.2, 0.25) is 0 Å². The maximum atomic E-state index is 10.8. The number of hydrogen-bond acceptors (Lipinski definition) is 9. The Balaban J connectivity index is 1.81. The molecule has 1 heterocycles. The SMILES string of the molecule is [O-]N([O-])c1cccc(-c2csc(Nc3cccc(N(O)O)c3)n2)c1. The van der Waals surface area contributed by atoms with E-state index in [0.29, 0.717) is 22.1 Å². The van der Waals surface area contributed by atoms with E-state index in [-0.39, 0.29) is 16.6 Å². The summed E-state index contributed by atoms with van der Waals surface area (Å²) in [5.74, 6) is 0. The molecular weight excluding hydrogens is 332 g/mol. The van der Waals surface area contributed by atoms with Gasteiger partial charge in [0.2, 0.25) is 0 Å². The zero-order valence-electron chi connectivity index (χ0n) is 12.2. The molecule has 8 nitrogen and oxygen atoms in total. The summed E-state index contributed by atoms with van der Waals surface area (Å²) >= 11 is 1.34. The predicted molar refractivity (Wildman–Crippen MR) is 92.5 cm³/mol. The van der Waals surface area contributed by atoms with E-state index in [1.165, 1.54) is 35.6 Å².